The van der Waals surface area contributed by atoms with E-state index in [0.717, 1.165) is 61.3 Å². The summed E-state index contributed by atoms with van der Waals surface area (Å²) in [5.41, 5.74) is 1.76. The molecular weight excluding hydrogens is 352 g/mol. The van der Waals surface area contributed by atoms with Crippen LogP contribution < -0.4 is 10.2 Å². The van der Waals surface area contributed by atoms with Crippen LogP contribution in [0.15, 0.2) is 10.7 Å². The first-order chi connectivity index (χ1) is 13.6. The van der Waals surface area contributed by atoms with Crippen molar-refractivity contribution in [2.45, 2.75) is 77.7 Å². The fourth-order valence-electron chi connectivity index (χ4n) is 4.68. The summed E-state index contributed by atoms with van der Waals surface area (Å²) < 4.78 is 5.75. The average molecular weight is 385 g/mol. The number of hydrogen-bond acceptors (Lipinski definition) is 5. The standard InChI is InChI=1S/C22H32N4O2/c1-15-16(2)28-22-19(15)20(23-14-24-22)26-12-10-17(11-13-26)21(27)25-18-8-6-4-3-5-7-9-18/h14,17-18H,3-13H2,1-2H3,(H,25,27). The van der Waals surface area contributed by atoms with Gasteiger partial charge < -0.3 is 14.6 Å². The lowest BCUT2D eigenvalue weighted by atomic mass is 9.93. The van der Waals surface area contributed by atoms with Crippen LogP contribution in [0.2, 0.25) is 0 Å². The van der Waals surface area contributed by atoms with Crippen molar-refractivity contribution < 1.29 is 9.21 Å². The minimum absolute atomic E-state index is 0.117. The van der Waals surface area contributed by atoms with E-state index in [-0.39, 0.29) is 11.8 Å². The van der Waals surface area contributed by atoms with E-state index in [1.54, 1.807) is 6.33 Å². The highest BCUT2D eigenvalue weighted by Crippen LogP contribution is 2.32. The molecule has 0 atom stereocenters. The molecule has 2 aromatic rings. The van der Waals surface area contributed by atoms with Crippen LogP contribution in [0.3, 0.4) is 0 Å². The van der Waals surface area contributed by atoms with E-state index in [4.69, 9.17) is 4.42 Å². The highest BCUT2D eigenvalue weighted by atomic mass is 16.3. The molecule has 1 aliphatic heterocycles. The van der Waals surface area contributed by atoms with Gasteiger partial charge >= 0.3 is 0 Å². The highest BCUT2D eigenvalue weighted by Gasteiger charge is 2.28. The number of aromatic nitrogens is 2. The number of rotatable bonds is 3. The molecular formula is C22H32N4O2. The number of amides is 1. The smallest absolute Gasteiger partial charge is 0.231 e. The SMILES string of the molecule is Cc1oc2ncnc(N3CCC(C(=O)NC4CCCCCCC4)CC3)c2c1C. The van der Waals surface area contributed by atoms with Gasteiger partial charge in [-0.3, -0.25) is 4.79 Å². The molecule has 1 N–H and O–H groups in total. The van der Waals surface area contributed by atoms with Crippen LogP contribution in [0.5, 0.6) is 0 Å². The third-order valence-corrected chi connectivity index (χ3v) is 6.56. The molecule has 0 bridgehead atoms. The molecule has 0 spiro atoms. The number of fused-ring (bicyclic) bond motifs is 1. The first-order valence-corrected chi connectivity index (χ1v) is 10.9. The van der Waals surface area contributed by atoms with Gasteiger partial charge in [0, 0.05) is 30.6 Å². The fourth-order valence-corrected chi connectivity index (χ4v) is 4.68. The molecule has 2 fully saturated rings. The zero-order chi connectivity index (χ0) is 19.5. The summed E-state index contributed by atoms with van der Waals surface area (Å²) in [5.74, 6) is 2.21. The molecule has 2 aliphatic rings. The van der Waals surface area contributed by atoms with Crippen LogP contribution in [0.1, 0.15) is 69.1 Å². The summed E-state index contributed by atoms with van der Waals surface area (Å²) in [4.78, 5) is 23.9. The van der Waals surface area contributed by atoms with E-state index in [1.807, 2.05) is 6.92 Å². The molecule has 6 nitrogen and oxygen atoms in total. The second kappa shape index (κ2) is 8.50. The zero-order valence-corrected chi connectivity index (χ0v) is 17.2. The summed E-state index contributed by atoms with van der Waals surface area (Å²) in [6.45, 7) is 5.72. The Kier molecular flexibility index (Phi) is 5.83. The van der Waals surface area contributed by atoms with Gasteiger partial charge in [-0.05, 0) is 39.5 Å². The minimum atomic E-state index is 0.117. The predicted octanol–water partition coefficient (Wildman–Crippen LogP) is 4.29. The fraction of sp³-hybridized carbons (Fsp3) is 0.682. The first-order valence-electron chi connectivity index (χ1n) is 10.9. The molecule has 4 rings (SSSR count). The second-order valence-electron chi connectivity index (χ2n) is 8.47. The van der Waals surface area contributed by atoms with Crippen molar-refractivity contribution in [3.05, 3.63) is 17.7 Å². The number of nitrogens with zero attached hydrogens (tertiary/aromatic N) is 3. The molecule has 0 aromatic carbocycles. The average Bonchev–Trinajstić information content (AvgIpc) is 2.98. The van der Waals surface area contributed by atoms with Gasteiger partial charge in [0.05, 0.1) is 5.39 Å². The van der Waals surface area contributed by atoms with Crippen molar-refractivity contribution in [1.82, 2.24) is 15.3 Å². The Morgan fingerprint density at radius 3 is 2.43 bits per heavy atom. The Balaban J connectivity index is 1.37. The summed E-state index contributed by atoms with van der Waals surface area (Å²) >= 11 is 0. The van der Waals surface area contributed by atoms with E-state index in [1.165, 1.54) is 32.1 Å². The van der Waals surface area contributed by atoms with Crippen molar-refractivity contribution in [2.24, 2.45) is 5.92 Å². The summed E-state index contributed by atoms with van der Waals surface area (Å²) in [7, 11) is 0. The lowest BCUT2D eigenvalue weighted by molar-refractivity contribution is -0.126. The molecule has 28 heavy (non-hydrogen) atoms. The molecule has 1 saturated carbocycles. The Bertz CT molecular complexity index is 815. The molecule has 2 aromatic heterocycles. The molecule has 1 amide bonds. The van der Waals surface area contributed by atoms with Gasteiger partial charge in [-0.25, -0.2) is 9.97 Å². The Morgan fingerprint density at radius 1 is 1.04 bits per heavy atom. The number of carbonyl (C=O) groups is 1. The molecule has 0 radical (unpaired) electrons. The lowest BCUT2D eigenvalue weighted by Gasteiger charge is -2.33. The van der Waals surface area contributed by atoms with Gasteiger partial charge in [0.1, 0.15) is 17.9 Å². The maximum atomic E-state index is 12.8. The van der Waals surface area contributed by atoms with Gasteiger partial charge in [0.2, 0.25) is 11.6 Å². The predicted molar refractivity (Wildman–Crippen MR) is 110 cm³/mol. The maximum absolute atomic E-state index is 12.8. The van der Waals surface area contributed by atoms with Crippen LogP contribution in [-0.4, -0.2) is 35.0 Å². The first kappa shape index (κ1) is 19.2. The molecule has 152 valence electrons. The van der Waals surface area contributed by atoms with Gasteiger partial charge in [-0.2, -0.15) is 0 Å². The molecule has 1 aliphatic carbocycles. The molecule has 1 saturated heterocycles. The molecule has 6 heteroatoms. The van der Waals surface area contributed by atoms with Crippen LogP contribution in [0.25, 0.3) is 11.1 Å². The summed E-state index contributed by atoms with van der Waals surface area (Å²) in [6.07, 6.45) is 12.1. The number of hydrogen-bond donors (Lipinski definition) is 1. The Morgan fingerprint density at radius 2 is 1.71 bits per heavy atom. The van der Waals surface area contributed by atoms with Crippen molar-refractivity contribution in [2.75, 3.05) is 18.0 Å². The monoisotopic (exact) mass is 384 g/mol. The van der Waals surface area contributed by atoms with E-state index in [0.29, 0.717) is 11.8 Å². The molecule has 3 heterocycles. The van der Waals surface area contributed by atoms with Crippen molar-refractivity contribution in [1.29, 1.82) is 0 Å². The number of aryl methyl sites for hydroxylation is 2. The van der Waals surface area contributed by atoms with Gasteiger partial charge in [-0.15, -0.1) is 0 Å². The van der Waals surface area contributed by atoms with Gasteiger partial charge in [0.25, 0.3) is 0 Å². The van der Waals surface area contributed by atoms with E-state index in [2.05, 4.69) is 27.1 Å². The minimum Gasteiger partial charge on any atom is -0.443 e. The maximum Gasteiger partial charge on any atom is 0.231 e. The van der Waals surface area contributed by atoms with Crippen LogP contribution in [-0.2, 0) is 4.79 Å². The number of anilines is 1. The number of carbonyl (C=O) groups excluding carboxylic acids is 1. The largest absolute Gasteiger partial charge is 0.443 e. The highest BCUT2D eigenvalue weighted by molar-refractivity contribution is 5.90. The summed E-state index contributed by atoms with van der Waals surface area (Å²) in [5, 5.41) is 4.37. The topological polar surface area (TPSA) is 71.3 Å². The van der Waals surface area contributed by atoms with E-state index < -0.39 is 0 Å². The third kappa shape index (κ3) is 4.01. The third-order valence-electron chi connectivity index (χ3n) is 6.56. The van der Waals surface area contributed by atoms with E-state index in [9.17, 15) is 4.79 Å². The van der Waals surface area contributed by atoms with Crippen LogP contribution in [0, 0.1) is 19.8 Å². The van der Waals surface area contributed by atoms with Gasteiger partial charge in [0.15, 0.2) is 0 Å². The number of furan rings is 1. The van der Waals surface area contributed by atoms with Crippen molar-refractivity contribution in [3.63, 3.8) is 0 Å². The van der Waals surface area contributed by atoms with Crippen LogP contribution in [0.4, 0.5) is 5.82 Å². The zero-order valence-electron chi connectivity index (χ0n) is 17.2. The lowest BCUT2D eigenvalue weighted by Crippen LogP contribution is -2.44. The Labute approximate surface area is 167 Å². The van der Waals surface area contributed by atoms with Crippen LogP contribution >= 0.6 is 0 Å². The number of nitrogens with one attached hydrogen (secondary N) is 1. The number of piperidine rings is 1. The normalized spacial score (nSPS) is 20.1. The Hall–Kier alpha value is -2.11. The van der Waals surface area contributed by atoms with Gasteiger partial charge in [-0.1, -0.05) is 32.1 Å². The van der Waals surface area contributed by atoms with Crippen molar-refractivity contribution in [3.8, 4) is 0 Å². The summed E-state index contributed by atoms with van der Waals surface area (Å²) in [6, 6.07) is 0.379. The quantitative estimate of drug-likeness (QED) is 0.855. The molecule has 0 unspecified atom stereocenters. The van der Waals surface area contributed by atoms with Crippen molar-refractivity contribution >= 4 is 22.8 Å². The van der Waals surface area contributed by atoms with E-state index >= 15 is 0 Å². The second-order valence-corrected chi connectivity index (χ2v) is 8.47.